The number of carbonyl (C=O) groups excluding carboxylic acids is 1. The first-order valence-corrected chi connectivity index (χ1v) is 12.0. The normalized spacial score (nSPS) is 12.5. The fraction of sp³-hybridized carbons (Fsp3) is 0.286. The zero-order chi connectivity index (χ0) is 22.1. The summed E-state index contributed by atoms with van der Waals surface area (Å²) in [6, 6.07) is 7.49. The Kier molecular flexibility index (Phi) is 6.23. The van der Waals surface area contributed by atoms with Gasteiger partial charge in [0, 0.05) is 36.0 Å². The van der Waals surface area contributed by atoms with Crippen molar-refractivity contribution < 1.29 is 13.2 Å². The predicted molar refractivity (Wildman–Crippen MR) is 118 cm³/mol. The topological polar surface area (TPSA) is 98.1 Å². The van der Waals surface area contributed by atoms with Crippen molar-refractivity contribution in [1.29, 1.82) is 0 Å². The van der Waals surface area contributed by atoms with Crippen LogP contribution in [0.5, 0.6) is 0 Å². The second kappa shape index (κ2) is 8.53. The molecule has 3 rings (SSSR count). The number of pyridine rings is 1. The van der Waals surface area contributed by atoms with Gasteiger partial charge in [-0.1, -0.05) is 29.3 Å². The summed E-state index contributed by atoms with van der Waals surface area (Å²) in [4.78, 5) is 30.9. The largest absolute Gasteiger partial charge is 0.303 e. The molecule has 3 aromatic rings. The molecule has 9 heteroatoms. The Hall–Kier alpha value is -2.78. The van der Waals surface area contributed by atoms with E-state index in [4.69, 9.17) is 0 Å². The van der Waals surface area contributed by atoms with Crippen LogP contribution in [0.15, 0.2) is 52.4 Å². The maximum Gasteiger partial charge on any atom is 0.252 e. The molecule has 0 aliphatic rings. The van der Waals surface area contributed by atoms with Crippen LogP contribution in [0.25, 0.3) is 0 Å². The van der Waals surface area contributed by atoms with Crippen LogP contribution in [0.4, 0.5) is 5.13 Å². The highest BCUT2D eigenvalue weighted by atomic mass is 32.2. The van der Waals surface area contributed by atoms with Crippen molar-refractivity contribution in [3.05, 3.63) is 74.6 Å². The Bertz CT molecular complexity index is 1240. The molecule has 2 aromatic heterocycles. The van der Waals surface area contributed by atoms with Gasteiger partial charge in [0.25, 0.3) is 5.56 Å². The molecule has 0 fully saturated rings. The van der Waals surface area contributed by atoms with E-state index in [0.717, 1.165) is 33.9 Å². The van der Waals surface area contributed by atoms with Crippen LogP contribution in [-0.4, -0.2) is 30.1 Å². The summed E-state index contributed by atoms with van der Waals surface area (Å²) >= 11 is 1.34. The van der Waals surface area contributed by atoms with Crippen molar-refractivity contribution in [3.63, 3.8) is 0 Å². The standard InChI is InChI=1S/C21H23N3O4S2/c1-13-7-14(2)9-16(8-13)10-18(20(26)23-21-22-12-15(3)29-21)24-6-5-17(11-19(24)25)30(4,27)28/h5-9,11-12,18H,10H2,1-4H3,(H,22,23,26). The highest BCUT2D eigenvalue weighted by Crippen LogP contribution is 2.22. The maximum absolute atomic E-state index is 13.1. The fourth-order valence-electron chi connectivity index (χ4n) is 3.29. The average Bonchev–Trinajstić information content (AvgIpc) is 3.03. The lowest BCUT2D eigenvalue weighted by molar-refractivity contribution is -0.119. The van der Waals surface area contributed by atoms with E-state index in [1.54, 1.807) is 6.20 Å². The molecule has 0 spiro atoms. The smallest absolute Gasteiger partial charge is 0.252 e. The summed E-state index contributed by atoms with van der Waals surface area (Å²) in [5, 5.41) is 3.22. The number of aromatic nitrogens is 2. The number of sulfone groups is 1. The van der Waals surface area contributed by atoms with E-state index >= 15 is 0 Å². The molecule has 0 radical (unpaired) electrons. The van der Waals surface area contributed by atoms with E-state index in [1.807, 2.05) is 39.0 Å². The molecule has 0 saturated heterocycles. The quantitative estimate of drug-likeness (QED) is 0.629. The molecule has 1 amide bonds. The first-order valence-electron chi connectivity index (χ1n) is 9.25. The third-order valence-electron chi connectivity index (χ3n) is 4.55. The predicted octanol–water partition coefficient (Wildman–Crippen LogP) is 3.06. The highest BCUT2D eigenvalue weighted by molar-refractivity contribution is 7.90. The van der Waals surface area contributed by atoms with Crippen molar-refractivity contribution in [3.8, 4) is 0 Å². The number of thiazole rings is 1. The second-order valence-corrected chi connectivity index (χ2v) is 10.6. The van der Waals surface area contributed by atoms with Gasteiger partial charge >= 0.3 is 0 Å². The van der Waals surface area contributed by atoms with E-state index in [2.05, 4.69) is 10.3 Å². The zero-order valence-electron chi connectivity index (χ0n) is 17.2. The number of benzene rings is 1. The van der Waals surface area contributed by atoms with E-state index in [1.165, 1.54) is 28.2 Å². The van der Waals surface area contributed by atoms with Crippen LogP contribution in [0.2, 0.25) is 0 Å². The summed E-state index contributed by atoms with van der Waals surface area (Å²) in [6.07, 6.45) is 4.33. The average molecular weight is 446 g/mol. The number of rotatable bonds is 6. The summed E-state index contributed by atoms with van der Waals surface area (Å²) in [6.45, 7) is 5.82. The molecule has 1 atom stereocenters. The third kappa shape index (κ3) is 5.22. The van der Waals surface area contributed by atoms with Gasteiger partial charge in [-0.2, -0.15) is 0 Å². The minimum absolute atomic E-state index is 0.0788. The molecular weight excluding hydrogens is 422 g/mol. The van der Waals surface area contributed by atoms with Crippen molar-refractivity contribution in [2.75, 3.05) is 11.6 Å². The van der Waals surface area contributed by atoms with Crippen molar-refractivity contribution in [1.82, 2.24) is 9.55 Å². The van der Waals surface area contributed by atoms with Crippen molar-refractivity contribution in [2.24, 2.45) is 0 Å². The highest BCUT2D eigenvalue weighted by Gasteiger charge is 2.24. The lowest BCUT2D eigenvalue weighted by Gasteiger charge is -2.20. The summed E-state index contributed by atoms with van der Waals surface area (Å²) < 4.78 is 24.8. The lowest BCUT2D eigenvalue weighted by atomic mass is 10.0. The molecular formula is C21H23N3O4S2. The monoisotopic (exact) mass is 445 g/mol. The molecule has 1 aromatic carbocycles. The van der Waals surface area contributed by atoms with Crippen LogP contribution in [0, 0.1) is 20.8 Å². The summed E-state index contributed by atoms with van der Waals surface area (Å²) in [5.41, 5.74) is 2.46. The third-order valence-corrected chi connectivity index (χ3v) is 6.49. The van der Waals surface area contributed by atoms with E-state index in [-0.39, 0.29) is 11.3 Å². The molecule has 30 heavy (non-hydrogen) atoms. The van der Waals surface area contributed by atoms with E-state index < -0.39 is 27.3 Å². The second-order valence-electron chi connectivity index (χ2n) is 7.36. The van der Waals surface area contributed by atoms with Crippen molar-refractivity contribution >= 4 is 32.2 Å². The number of amides is 1. The van der Waals surface area contributed by atoms with Crippen molar-refractivity contribution in [2.45, 2.75) is 38.1 Å². The number of hydrogen-bond donors (Lipinski definition) is 1. The minimum Gasteiger partial charge on any atom is -0.303 e. The van der Waals surface area contributed by atoms with Gasteiger partial charge in [-0.15, -0.1) is 11.3 Å². The number of aryl methyl sites for hydroxylation is 3. The van der Waals surface area contributed by atoms with Crippen LogP contribution in [0.3, 0.4) is 0 Å². The van der Waals surface area contributed by atoms with Crippen LogP contribution in [0.1, 0.15) is 27.6 Å². The molecule has 1 unspecified atom stereocenters. The molecule has 1 N–H and O–H groups in total. The Labute approximate surface area is 179 Å². The fourth-order valence-corrected chi connectivity index (χ4v) is 4.58. The van der Waals surface area contributed by atoms with Gasteiger partial charge in [0.05, 0.1) is 4.90 Å². The molecule has 158 valence electrons. The number of anilines is 1. The maximum atomic E-state index is 13.1. The Morgan fingerprint density at radius 1 is 1.17 bits per heavy atom. The first-order chi connectivity index (χ1) is 14.0. The number of nitrogens with one attached hydrogen (secondary N) is 1. The molecule has 0 aliphatic heterocycles. The van der Waals surface area contributed by atoms with E-state index in [9.17, 15) is 18.0 Å². The Balaban J connectivity index is 2.02. The SMILES string of the molecule is Cc1cc(C)cc(CC(C(=O)Nc2ncc(C)s2)n2ccc(S(C)(=O)=O)cc2=O)c1. The van der Waals surface area contributed by atoms with Gasteiger partial charge in [-0.3, -0.25) is 9.59 Å². The van der Waals surface area contributed by atoms with Gasteiger partial charge in [0.15, 0.2) is 15.0 Å². The van der Waals surface area contributed by atoms with Gasteiger partial charge < -0.3 is 9.88 Å². The Morgan fingerprint density at radius 3 is 2.37 bits per heavy atom. The lowest BCUT2D eigenvalue weighted by Crippen LogP contribution is -2.34. The first kappa shape index (κ1) is 21.9. The molecule has 7 nitrogen and oxygen atoms in total. The molecule has 0 saturated carbocycles. The summed E-state index contributed by atoms with van der Waals surface area (Å²) in [5.74, 6) is -0.391. The van der Waals surface area contributed by atoms with Gasteiger partial charge in [-0.05, 0) is 32.4 Å². The number of nitrogens with zero attached hydrogens (tertiary/aromatic N) is 2. The van der Waals surface area contributed by atoms with Gasteiger partial charge in [0.2, 0.25) is 5.91 Å². The van der Waals surface area contributed by atoms with Crippen LogP contribution in [-0.2, 0) is 21.1 Å². The van der Waals surface area contributed by atoms with E-state index in [0.29, 0.717) is 5.13 Å². The summed E-state index contributed by atoms with van der Waals surface area (Å²) in [7, 11) is -3.53. The number of hydrogen-bond acceptors (Lipinski definition) is 6. The molecule has 2 heterocycles. The van der Waals surface area contributed by atoms with Gasteiger partial charge in [-0.25, -0.2) is 13.4 Å². The number of carbonyl (C=O) groups is 1. The Morgan fingerprint density at radius 2 is 1.83 bits per heavy atom. The van der Waals surface area contributed by atoms with Crippen LogP contribution >= 0.6 is 11.3 Å². The van der Waals surface area contributed by atoms with Crippen LogP contribution < -0.4 is 10.9 Å². The molecule has 0 aliphatic carbocycles. The minimum atomic E-state index is -3.53. The molecule has 0 bridgehead atoms. The zero-order valence-corrected chi connectivity index (χ0v) is 18.8. The van der Waals surface area contributed by atoms with Gasteiger partial charge in [0.1, 0.15) is 6.04 Å².